The molecule has 0 unspecified atom stereocenters. The average Bonchev–Trinajstić information content (AvgIpc) is 2.86. The second-order valence-electron chi connectivity index (χ2n) is 5.60. The molecule has 7 heteroatoms. The van der Waals surface area contributed by atoms with Crippen molar-refractivity contribution in [3.05, 3.63) is 63.1 Å². The van der Waals surface area contributed by atoms with E-state index in [2.05, 4.69) is 0 Å². The Bertz CT molecular complexity index is 895. The first-order valence-corrected chi connectivity index (χ1v) is 8.17. The Balaban J connectivity index is 1.68. The number of anilines is 1. The molecule has 2 aromatic carbocycles. The molecule has 0 spiro atoms. The number of benzene rings is 2. The van der Waals surface area contributed by atoms with Gasteiger partial charge in [-0.2, -0.15) is 0 Å². The molecule has 3 rings (SSSR count). The highest BCUT2D eigenvalue weighted by molar-refractivity contribution is 6.36. The van der Waals surface area contributed by atoms with Crippen LogP contribution in [-0.4, -0.2) is 31.3 Å². The minimum Gasteiger partial charge on any atom is -0.454 e. The van der Waals surface area contributed by atoms with Crippen LogP contribution in [0.2, 0.25) is 10.0 Å². The van der Waals surface area contributed by atoms with Gasteiger partial charge in [0.25, 0.3) is 0 Å². The summed E-state index contributed by atoms with van der Waals surface area (Å²) in [5, 5.41) is 0.555. The third-order valence-electron chi connectivity index (χ3n) is 3.96. The van der Waals surface area contributed by atoms with Gasteiger partial charge >= 0.3 is 5.97 Å². The monoisotopic (exact) mass is 377 g/mol. The Morgan fingerprint density at radius 2 is 1.92 bits per heavy atom. The molecule has 1 amide bonds. The van der Waals surface area contributed by atoms with Crippen molar-refractivity contribution in [2.24, 2.45) is 0 Å². The molecule has 0 N–H and O–H groups in total. The molecule has 0 atom stereocenters. The van der Waals surface area contributed by atoms with Gasteiger partial charge in [-0.15, -0.1) is 0 Å². The second kappa shape index (κ2) is 6.86. The van der Waals surface area contributed by atoms with Crippen molar-refractivity contribution in [3.63, 3.8) is 0 Å². The Kier molecular flexibility index (Phi) is 4.79. The normalized spacial score (nSPS) is 12.9. The Hall–Kier alpha value is -2.37. The first-order valence-electron chi connectivity index (χ1n) is 7.41. The van der Waals surface area contributed by atoms with Gasteiger partial charge in [-0.3, -0.25) is 9.59 Å². The molecule has 1 heterocycles. The molecule has 0 saturated heterocycles. The van der Waals surface area contributed by atoms with Crippen LogP contribution in [0.25, 0.3) is 0 Å². The van der Waals surface area contributed by atoms with Gasteiger partial charge in [0, 0.05) is 23.3 Å². The SMILES string of the molecule is CN1C(=O)Cc2cc(C(=O)COC(=O)c3ccc(Cl)cc3Cl)ccc21. The van der Waals surface area contributed by atoms with E-state index in [9.17, 15) is 14.4 Å². The molecular formula is C18H13Cl2NO4. The third-order valence-corrected chi connectivity index (χ3v) is 4.51. The lowest BCUT2D eigenvalue weighted by Gasteiger charge is -2.10. The maximum absolute atomic E-state index is 12.3. The number of likely N-dealkylation sites (N-methyl/N-ethyl adjacent to an activating group) is 1. The van der Waals surface area contributed by atoms with Gasteiger partial charge in [0.15, 0.2) is 12.4 Å². The second-order valence-corrected chi connectivity index (χ2v) is 6.44. The largest absolute Gasteiger partial charge is 0.454 e. The van der Waals surface area contributed by atoms with Crippen molar-refractivity contribution >= 4 is 46.5 Å². The lowest BCUT2D eigenvalue weighted by molar-refractivity contribution is -0.117. The van der Waals surface area contributed by atoms with Gasteiger partial charge in [0.2, 0.25) is 5.91 Å². The quantitative estimate of drug-likeness (QED) is 0.603. The molecule has 25 heavy (non-hydrogen) atoms. The van der Waals surface area contributed by atoms with Crippen LogP contribution in [0.3, 0.4) is 0 Å². The third kappa shape index (κ3) is 3.52. The molecule has 128 valence electrons. The Morgan fingerprint density at radius 3 is 2.64 bits per heavy atom. The summed E-state index contributed by atoms with van der Waals surface area (Å²) in [4.78, 5) is 37.5. The zero-order valence-corrected chi connectivity index (χ0v) is 14.7. The summed E-state index contributed by atoms with van der Waals surface area (Å²) in [5.41, 5.74) is 2.09. The fraction of sp³-hybridized carbons (Fsp3) is 0.167. The standard InChI is InChI=1S/C18H13Cl2NO4/c1-21-15-5-2-10(6-11(15)7-17(21)23)16(22)9-25-18(24)13-4-3-12(19)8-14(13)20/h2-6,8H,7,9H2,1H3. The van der Waals surface area contributed by atoms with Crippen molar-refractivity contribution < 1.29 is 19.1 Å². The zero-order chi connectivity index (χ0) is 18.1. The minimum atomic E-state index is -0.703. The fourth-order valence-electron chi connectivity index (χ4n) is 2.59. The average molecular weight is 378 g/mol. The molecule has 1 aliphatic heterocycles. The number of fused-ring (bicyclic) bond motifs is 1. The van der Waals surface area contributed by atoms with Crippen LogP contribution in [0.1, 0.15) is 26.3 Å². The van der Waals surface area contributed by atoms with E-state index in [0.29, 0.717) is 10.6 Å². The van der Waals surface area contributed by atoms with Gasteiger partial charge < -0.3 is 9.64 Å². The number of esters is 1. The van der Waals surface area contributed by atoms with E-state index in [1.54, 1.807) is 30.1 Å². The minimum absolute atomic E-state index is 0.0246. The summed E-state index contributed by atoms with van der Waals surface area (Å²) in [6.45, 7) is -0.416. The van der Waals surface area contributed by atoms with Crippen molar-refractivity contribution in [2.75, 3.05) is 18.6 Å². The predicted octanol–water partition coefficient (Wildman–Crippen LogP) is 3.55. The molecular weight excluding hydrogens is 365 g/mol. The van der Waals surface area contributed by atoms with E-state index < -0.39 is 12.6 Å². The van der Waals surface area contributed by atoms with Crippen molar-refractivity contribution in [3.8, 4) is 0 Å². The summed E-state index contributed by atoms with van der Waals surface area (Å²) >= 11 is 11.7. The maximum Gasteiger partial charge on any atom is 0.340 e. The van der Waals surface area contributed by atoms with E-state index in [1.807, 2.05) is 0 Å². The molecule has 1 aliphatic rings. The highest BCUT2D eigenvalue weighted by Crippen LogP contribution is 2.28. The first-order chi connectivity index (χ1) is 11.9. The zero-order valence-electron chi connectivity index (χ0n) is 13.2. The summed E-state index contributed by atoms with van der Waals surface area (Å²) in [7, 11) is 1.69. The van der Waals surface area contributed by atoms with Gasteiger partial charge in [-0.1, -0.05) is 23.2 Å². The lowest BCUT2D eigenvalue weighted by atomic mass is 10.1. The fourth-order valence-corrected chi connectivity index (χ4v) is 3.08. The van der Waals surface area contributed by atoms with E-state index >= 15 is 0 Å². The number of hydrogen-bond acceptors (Lipinski definition) is 4. The number of nitrogens with zero attached hydrogens (tertiary/aromatic N) is 1. The highest BCUT2D eigenvalue weighted by Gasteiger charge is 2.25. The van der Waals surface area contributed by atoms with Crippen LogP contribution in [0.4, 0.5) is 5.69 Å². The van der Waals surface area contributed by atoms with E-state index in [4.69, 9.17) is 27.9 Å². The number of ketones is 1. The number of rotatable bonds is 4. The lowest BCUT2D eigenvalue weighted by Crippen LogP contribution is -2.20. The molecule has 0 radical (unpaired) electrons. The predicted molar refractivity (Wildman–Crippen MR) is 94.6 cm³/mol. The van der Waals surface area contributed by atoms with Crippen LogP contribution in [0, 0.1) is 0 Å². The topological polar surface area (TPSA) is 63.7 Å². The van der Waals surface area contributed by atoms with Crippen molar-refractivity contribution in [1.82, 2.24) is 0 Å². The number of amides is 1. The molecule has 2 aromatic rings. The molecule has 0 bridgehead atoms. The van der Waals surface area contributed by atoms with Gasteiger partial charge in [0.05, 0.1) is 17.0 Å². The van der Waals surface area contributed by atoms with Crippen molar-refractivity contribution in [2.45, 2.75) is 6.42 Å². The number of Topliss-reactive ketones (excluding diaryl/α,β-unsaturated/α-hetero) is 1. The summed E-state index contributed by atoms with van der Waals surface area (Å²) in [6, 6.07) is 9.36. The first kappa shape index (κ1) is 17.5. The number of carbonyl (C=O) groups is 3. The number of ether oxygens (including phenoxy) is 1. The molecule has 0 aliphatic carbocycles. The summed E-state index contributed by atoms with van der Waals surface area (Å²) < 4.78 is 5.03. The van der Waals surface area contributed by atoms with Crippen LogP contribution < -0.4 is 4.90 Å². The maximum atomic E-state index is 12.3. The molecule has 0 saturated carbocycles. The molecule has 0 aromatic heterocycles. The highest BCUT2D eigenvalue weighted by atomic mass is 35.5. The van der Waals surface area contributed by atoms with Crippen molar-refractivity contribution in [1.29, 1.82) is 0 Å². The van der Waals surface area contributed by atoms with Crippen LogP contribution in [-0.2, 0) is 16.0 Å². The van der Waals surface area contributed by atoms with Gasteiger partial charge in [0.1, 0.15) is 0 Å². The summed E-state index contributed by atoms with van der Waals surface area (Å²) in [5.74, 6) is -1.09. The Morgan fingerprint density at radius 1 is 1.16 bits per heavy atom. The number of halogens is 2. The van der Waals surface area contributed by atoms with E-state index in [0.717, 1.165) is 11.3 Å². The molecule has 5 nitrogen and oxygen atoms in total. The number of hydrogen-bond donors (Lipinski definition) is 0. The van der Waals surface area contributed by atoms with E-state index in [-0.39, 0.29) is 28.7 Å². The number of carbonyl (C=O) groups excluding carboxylic acids is 3. The smallest absolute Gasteiger partial charge is 0.340 e. The van der Waals surface area contributed by atoms with E-state index in [1.165, 1.54) is 18.2 Å². The van der Waals surface area contributed by atoms with Gasteiger partial charge in [-0.05, 0) is 42.0 Å². The molecule has 0 fully saturated rings. The summed E-state index contributed by atoms with van der Waals surface area (Å²) in [6.07, 6.45) is 0.257. The van der Waals surface area contributed by atoms with Crippen LogP contribution in [0.5, 0.6) is 0 Å². The van der Waals surface area contributed by atoms with Crippen LogP contribution >= 0.6 is 23.2 Å². The Labute approximate surface area is 154 Å². The van der Waals surface area contributed by atoms with Crippen LogP contribution in [0.15, 0.2) is 36.4 Å². The van der Waals surface area contributed by atoms with Gasteiger partial charge in [-0.25, -0.2) is 4.79 Å².